The van der Waals surface area contributed by atoms with E-state index in [1.807, 2.05) is 12.3 Å². The van der Waals surface area contributed by atoms with E-state index in [1.165, 1.54) is 27.4 Å². The molecule has 0 radical (unpaired) electrons. The number of rotatable bonds is 0. The third-order valence-electron chi connectivity index (χ3n) is 4.09. The van der Waals surface area contributed by atoms with Gasteiger partial charge in [0.15, 0.2) is 13.6 Å². The molecule has 4 heterocycles. The van der Waals surface area contributed by atoms with E-state index in [0.29, 0.717) is 0 Å². The third kappa shape index (κ3) is 0.953. The number of aromatic nitrogens is 4. The quantitative estimate of drug-likeness (QED) is 0.298. The lowest BCUT2D eigenvalue weighted by Crippen LogP contribution is -2.38. The average molecular weight is 248 g/mol. The van der Waals surface area contributed by atoms with Crippen LogP contribution in [0.25, 0.3) is 27.5 Å². The molecule has 0 saturated heterocycles. The summed E-state index contributed by atoms with van der Waals surface area (Å²) in [7, 11) is 2.07. The van der Waals surface area contributed by atoms with Crippen molar-refractivity contribution >= 4 is 27.5 Å². The van der Waals surface area contributed by atoms with Crippen molar-refractivity contribution in [2.45, 2.75) is 6.54 Å². The van der Waals surface area contributed by atoms with Crippen molar-refractivity contribution in [2.75, 3.05) is 0 Å². The summed E-state index contributed by atoms with van der Waals surface area (Å²) in [5.74, 6) is 0. The summed E-state index contributed by atoms with van der Waals surface area (Å²) >= 11 is 0. The number of hydrogen-bond donors (Lipinski definition) is 0. The summed E-state index contributed by atoms with van der Waals surface area (Å²) in [6.07, 6.45) is 4.00. The molecule has 90 valence electrons. The second-order valence-electron chi connectivity index (χ2n) is 5.17. The number of pyridine rings is 2. The summed E-state index contributed by atoms with van der Waals surface area (Å²) in [4.78, 5) is 4.59. The molecule has 4 nitrogen and oxygen atoms in total. The molecule has 0 spiro atoms. The molecule has 0 atom stereocenters. The van der Waals surface area contributed by atoms with Gasteiger partial charge in [-0.3, -0.25) is 0 Å². The molecule has 0 aliphatic carbocycles. The van der Waals surface area contributed by atoms with Gasteiger partial charge in [0.05, 0.1) is 5.39 Å². The minimum Gasteiger partial charge on any atom is -0.233 e. The fourth-order valence-corrected chi connectivity index (χ4v) is 3.37. The van der Waals surface area contributed by atoms with Gasteiger partial charge in [0, 0.05) is 22.5 Å². The van der Waals surface area contributed by atoms with Crippen molar-refractivity contribution in [2.24, 2.45) is 7.05 Å². The topological polar surface area (TPSA) is 25.1 Å². The van der Waals surface area contributed by atoms with Gasteiger partial charge >= 0.3 is 12.0 Å². The Morgan fingerprint density at radius 3 is 3.00 bits per heavy atom. The van der Waals surface area contributed by atoms with Crippen molar-refractivity contribution in [3.05, 3.63) is 48.4 Å². The Hall–Kier alpha value is -2.49. The number of nitrogens with zero attached hydrogens (tertiary/aromatic N) is 4. The van der Waals surface area contributed by atoms with E-state index in [1.54, 1.807) is 0 Å². The van der Waals surface area contributed by atoms with Crippen LogP contribution in [-0.2, 0) is 13.6 Å². The van der Waals surface area contributed by atoms with Gasteiger partial charge in [0.1, 0.15) is 0 Å². The van der Waals surface area contributed by atoms with E-state index in [4.69, 9.17) is 0 Å². The maximum Gasteiger partial charge on any atom is 0.432 e. The number of benzene rings is 1. The van der Waals surface area contributed by atoms with Gasteiger partial charge in [0.2, 0.25) is 5.65 Å². The standard InChI is InChI=1S/C15H12N4/c1-17-9-18-8-10-4-2-5-11-12-6-3-7-16-14(12)19(17)15(18)13(10)11/h2-7,9H,8H2,1H3/q+2. The van der Waals surface area contributed by atoms with Crippen LogP contribution in [0, 0.1) is 0 Å². The Morgan fingerprint density at radius 2 is 2.05 bits per heavy atom. The molecule has 0 N–H and O–H groups in total. The normalized spacial score (nSPS) is 13.3. The predicted molar refractivity (Wildman–Crippen MR) is 70.7 cm³/mol. The highest BCUT2D eigenvalue weighted by Gasteiger charge is 2.33. The van der Waals surface area contributed by atoms with Crippen molar-refractivity contribution in [3.8, 4) is 0 Å². The van der Waals surface area contributed by atoms with Crippen LogP contribution < -0.4 is 9.25 Å². The van der Waals surface area contributed by atoms with E-state index in [0.717, 1.165) is 12.2 Å². The van der Waals surface area contributed by atoms with Gasteiger partial charge in [-0.25, -0.2) is 4.98 Å². The third-order valence-corrected chi connectivity index (χ3v) is 4.09. The van der Waals surface area contributed by atoms with Crippen molar-refractivity contribution in [1.29, 1.82) is 0 Å². The smallest absolute Gasteiger partial charge is 0.233 e. The summed E-state index contributed by atoms with van der Waals surface area (Å²) in [5.41, 5.74) is 3.67. The van der Waals surface area contributed by atoms with Crippen LogP contribution in [0.3, 0.4) is 0 Å². The largest absolute Gasteiger partial charge is 0.432 e. The van der Waals surface area contributed by atoms with E-state index >= 15 is 0 Å². The Labute approximate surface area is 109 Å². The van der Waals surface area contributed by atoms with Crippen LogP contribution in [0.15, 0.2) is 42.9 Å². The molecule has 1 aliphatic heterocycles. The lowest BCUT2D eigenvalue weighted by Gasteiger charge is -2.01. The van der Waals surface area contributed by atoms with E-state index in [-0.39, 0.29) is 0 Å². The number of aryl methyl sites for hydroxylation is 1. The Morgan fingerprint density at radius 1 is 1.16 bits per heavy atom. The molecule has 0 unspecified atom stereocenters. The van der Waals surface area contributed by atoms with E-state index in [9.17, 15) is 0 Å². The van der Waals surface area contributed by atoms with Crippen LogP contribution in [0.5, 0.6) is 0 Å². The predicted octanol–water partition coefficient (Wildman–Crippen LogP) is 1.11. The highest BCUT2D eigenvalue weighted by molar-refractivity contribution is 6.11. The van der Waals surface area contributed by atoms with Gasteiger partial charge < -0.3 is 0 Å². The first-order valence-electron chi connectivity index (χ1n) is 6.44. The molecule has 1 aromatic carbocycles. The maximum atomic E-state index is 4.59. The monoisotopic (exact) mass is 248 g/mol. The zero-order chi connectivity index (χ0) is 12.6. The van der Waals surface area contributed by atoms with Crippen molar-refractivity contribution in [1.82, 2.24) is 9.50 Å². The van der Waals surface area contributed by atoms with Crippen LogP contribution in [0.2, 0.25) is 0 Å². The summed E-state index contributed by atoms with van der Waals surface area (Å²) in [6, 6.07) is 10.7. The molecule has 5 rings (SSSR count). The number of hydrogen-bond acceptors (Lipinski definition) is 1. The zero-order valence-corrected chi connectivity index (χ0v) is 10.5. The van der Waals surface area contributed by atoms with E-state index in [2.05, 4.69) is 56.4 Å². The van der Waals surface area contributed by atoms with Crippen molar-refractivity contribution < 1.29 is 9.25 Å². The van der Waals surface area contributed by atoms with Crippen LogP contribution in [0.4, 0.5) is 0 Å². The Kier molecular flexibility index (Phi) is 1.45. The second-order valence-corrected chi connectivity index (χ2v) is 5.17. The summed E-state index contributed by atoms with van der Waals surface area (Å²) < 4.78 is 6.61. The number of fused-ring (bicyclic) bond motifs is 3. The fraction of sp³-hybridized carbons (Fsp3) is 0.133. The Bertz CT molecular complexity index is 987. The van der Waals surface area contributed by atoms with Gasteiger partial charge in [0.25, 0.3) is 0 Å². The first kappa shape index (κ1) is 9.44. The van der Waals surface area contributed by atoms with E-state index < -0.39 is 0 Å². The van der Waals surface area contributed by atoms with Gasteiger partial charge in [-0.1, -0.05) is 18.2 Å². The summed E-state index contributed by atoms with van der Waals surface area (Å²) in [6.45, 7) is 0.952. The highest BCUT2D eigenvalue weighted by Crippen LogP contribution is 2.31. The van der Waals surface area contributed by atoms with Crippen LogP contribution in [0.1, 0.15) is 5.56 Å². The molecule has 1 aliphatic rings. The maximum absolute atomic E-state index is 4.59. The zero-order valence-electron chi connectivity index (χ0n) is 10.5. The molecule has 4 aromatic rings. The van der Waals surface area contributed by atoms with Crippen molar-refractivity contribution in [3.63, 3.8) is 0 Å². The molecule has 19 heavy (non-hydrogen) atoms. The minimum absolute atomic E-state index is 0.952. The highest BCUT2D eigenvalue weighted by atomic mass is 15.4. The van der Waals surface area contributed by atoms with Gasteiger partial charge in [-0.2, -0.15) is 0 Å². The average Bonchev–Trinajstić information content (AvgIpc) is 2.94. The molecule has 0 amide bonds. The van der Waals surface area contributed by atoms with Crippen LogP contribution in [-0.4, -0.2) is 9.50 Å². The lowest BCUT2D eigenvalue weighted by molar-refractivity contribution is -0.800. The molecule has 0 saturated carbocycles. The molecule has 4 heteroatoms. The lowest BCUT2D eigenvalue weighted by atomic mass is 10.0. The van der Waals surface area contributed by atoms with Gasteiger partial charge in [-0.15, -0.1) is 4.57 Å². The molecule has 3 aromatic heterocycles. The Balaban J connectivity index is 2.29. The minimum atomic E-state index is 0.952. The fourth-order valence-electron chi connectivity index (χ4n) is 3.37. The SMILES string of the molecule is C[n+]1c[n+]2c3c4c(cccc4c4cccnc4n31)C2. The molecule has 0 bridgehead atoms. The molecule has 0 fully saturated rings. The first-order chi connectivity index (χ1) is 9.34. The molecular weight excluding hydrogens is 236 g/mol. The van der Waals surface area contributed by atoms with Crippen LogP contribution >= 0.6 is 0 Å². The first-order valence-corrected chi connectivity index (χ1v) is 6.44. The second kappa shape index (κ2) is 2.91. The van der Waals surface area contributed by atoms with Gasteiger partial charge in [-0.05, 0) is 21.3 Å². The molecular formula is C15H12N4+2. The summed E-state index contributed by atoms with van der Waals surface area (Å²) in [5, 5.41) is 3.88.